The summed E-state index contributed by atoms with van der Waals surface area (Å²) >= 11 is 6.20. The second-order valence-corrected chi connectivity index (χ2v) is 6.73. The molecule has 1 heterocycles. The number of hydrogen-bond donors (Lipinski definition) is 0. The van der Waals surface area contributed by atoms with Crippen LogP contribution in [-0.2, 0) is 4.79 Å². The number of aromatic nitrogens is 1. The van der Waals surface area contributed by atoms with Gasteiger partial charge in [0.15, 0.2) is 6.61 Å². The van der Waals surface area contributed by atoms with E-state index in [4.69, 9.17) is 21.6 Å². The summed E-state index contributed by atoms with van der Waals surface area (Å²) in [5, 5.41) is 10.3. The predicted molar refractivity (Wildman–Crippen MR) is 109 cm³/mol. The second-order valence-electron chi connectivity index (χ2n) is 6.32. The van der Waals surface area contributed by atoms with Gasteiger partial charge in [-0.2, -0.15) is 5.26 Å². The van der Waals surface area contributed by atoms with Crippen LogP contribution in [0.1, 0.15) is 31.0 Å². The van der Waals surface area contributed by atoms with E-state index in [1.807, 2.05) is 32.0 Å². The summed E-state index contributed by atoms with van der Waals surface area (Å²) in [7, 11) is 0. The van der Waals surface area contributed by atoms with E-state index in [-0.39, 0.29) is 18.6 Å². The zero-order valence-electron chi connectivity index (χ0n) is 15.7. The van der Waals surface area contributed by atoms with E-state index >= 15 is 0 Å². The Bertz CT molecular complexity index is 1030. The molecule has 2 aromatic carbocycles. The number of halogens is 1. The van der Waals surface area contributed by atoms with Gasteiger partial charge in [-0.15, -0.1) is 0 Å². The SMILES string of the molecule is CCN(C(=O)COc1ccc(Cl)c2cccnc12)C(C)c1ccc(C#N)cc1. The Hall–Kier alpha value is -3.10. The maximum absolute atomic E-state index is 12.8. The lowest BCUT2D eigenvalue weighted by Crippen LogP contribution is -2.36. The number of carbonyl (C=O) groups excluding carboxylic acids is 1. The molecule has 3 rings (SSSR count). The Morgan fingerprint density at radius 1 is 1.25 bits per heavy atom. The van der Waals surface area contributed by atoms with Gasteiger partial charge in [-0.05, 0) is 55.8 Å². The highest BCUT2D eigenvalue weighted by Gasteiger charge is 2.21. The van der Waals surface area contributed by atoms with E-state index in [0.717, 1.165) is 10.9 Å². The fraction of sp³-hybridized carbons (Fsp3) is 0.227. The zero-order valence-corrected chi connectivity index (χ0v) is 16.5. The Balaban J connectivity index is 1.74. The third kappa shape index (κ3) is 4.08. The second kappa shape index (κ2) is 8.73. The van der Waals surface area contributed by atoms with E-state index in [1.165, 1.54) is 0 Å². The summed E-state index contributed by atoms with van der Waals surface area (Å²) in [5.74, 6) is 0.397. The number of rotatable bonds is 6. The van der Waals surface area contributed by atoms with Crippen LogP contribution in [0.4, 0.5) is 0 Å². The summed E-state index contributed by atoms with van der Waals surface area (Å²) in [6.07, 6.45) is 1.67. The summed E-state index contributed by atoms with van der Waals surface area (Å²) in [5.41, 5.74) is 2.19. The number of hydrogen-bond acceptors (Lipinski definition) is 4. The van der Waals surface area contributed by atoms with E-state index in [0.29, 0.717) is 28.4 Å². The van der Waals surface area contributed by atoms with Crippen LogP contribution in [0.15, 0.2) is 54.7 Å². The molecule has 0 fully saturated rings. The van der Waals surface area contributed by atoms with E-state index in [1.54, 1.807) is 41.4 Å². The molecule has 1 aromatic heterocycles. The van der Waals surface area contributed by atoms with Crippen molar-refractivity contribution in [3.8, 4) is 11.8 Å². The first-order valence-corrected chi connectivity index (χ1v) is 9.38. The number of ether oxygens (including phenoxy) is 1. The molecule has 0 radical (unpaired) electrons. The molecule has 0 saturated heterocycles. The number of amides is 1. The van der Waals surface area contributed by atoms with Crippen molar-refractivity contribution in [1.82, 2.24) is 9.88 Å². The van der Waals surface area contributed by atoms with Crippen LogP contribution < -0.4 is 4.74 Å². The third-order valence-electron chi connectivity index (χ3n) is 4.68. The van der Waals surface area contributed by atoms with Gasteiger partial charge in [0.1, 0.15) is 11.3 Å². The largest absolute Gasteiger partial charge is 0.481 e. The van der Waals surface area contributed by atoms with Crippen molar-refractivity contribution in [2.45, 2.75) is 19.9 Å². The number of likely N-dealkylation sites (N-methyl/N-ethyl adjacent to an activating group) is 1. The van der Waals surface area contributed by atoms with Crippen LogP contribution in [0.25, 0.3) is 10.9 Å². The van der Waals surface area contributed by atoms with E-state index in [2.05, 4.69) is 11.1 Å². The molecular weight excluding hydrogens is 374 g/mol. The van der Waals surface area contributed by atoms with Crippen molar-refractivity contribution < 1.29 is 9.53 Å². The quantitative estimate of drug-likeness (QED) is 0.606. The van der Waals surface area contributed by atoms with Crippen molar-refractivity contribution >= 4 is 28.4 Å². The molecule has 28 heavy (non-hydrogen) atoms. The Morgan fingerprint density at radius 3 is 2.68 bits per heavy atom. The molecule has 0 aliphatic carbocycles. The number of nitrogens with zero attached hydrogens (tertiary/aromatic N) is 3. The van der Waals surface area contributed by atoms with Crippen molar-refractivity contribution in [1.29, 1.82) is 5.26 Å². The highest BCUT2D eigenvalue weighted by molar-refractivity contribution is 6.35. The molecule has 1 amide bonds. The predicted octanol–water partition coefficient (Wildman–Crippen LogP) is 4.75. The summed E-state index contributed by atoms with van der Waals surface area (Å²) < 4.78 is 5.79. The molecule has 6 heteroatoms. The van der Waals surface area contributed by atoms with E-state index in [9.17, 15) is 4.79 Å². The van der Waals surface area contributed by atoms with Gasteiger partial charge in [0.25, 0.3) is 5.91 Å². The van der Waals surface area contributed by atoms with Crippen LogP contribution in [-0.4, -0.2) is 28.9 Å². The Kier molecular flexibility index (Phi) is 6.13. The number of pyridine rings is 1. The number of benzene rings is 2. The van der Waals surface area contributed by atoms with Crippen LogP contribution in [0, 0.1) is 11.3 Å². The van der Waals surface area contributed by atoms with Crippen molar-refractivity contribution in [3.05, 3.63) is 70.9 Å². The number of carbonyl (C=O) groups is 1. The maximum atomic E-state index is 12.8. The van der Waals surface area contributed by atoms with Crippen LogP contribution in [0.3, 0.4) is 0 Å². The van der Waals surface area contributed by atoms with Crippen molar-refractivity contribution in [3.63, 3.8) is 0 Å². The fourth-order valence-corrected chi connectivity index (χ4v) is 3.35. The lowest BCUT2D eigenvalue weighted by Gasteiger charge is -2.28. The van der Waals surface area contributed by atoms with Gasteiger partial charge in [-0.25, -0.2) is 0 Å². The fourth-order valence-electron chi connectivity index (χ4n) is 3.13. The van der Waals surface area contributed by atoms with Gasteiger partial charge >= 0.3 is 0 Å². The van der Waals surface area contributed by atoms with Gasteiger partial charge in [0, 0.05) is 18.1 Å². The molecule has 3 aromatic rings. The molecule has 142 valence electrons. The van der Waals surface area contributed by atoms with Gasteiger partial charge in [0.2, 0.25) is 0 Å². The van der Waals surface area contributed by atoms with Gasteiger partial charge in [0.05, 0.1) is 22.7 Å². The zero-order chi connectivity index (χ0) is 20.1. The first kappa shape index (κ1) is 19.7. The molecule has 0 saturated carbocycles. The monoisotopic (exact) mass is 393 g/mol. The van der Waals surface area contributed by atoms with Crippen LogP contribution in [0.5, 0.6) is 5.75 Å². The molecular formula is C22H20ClN3O2. The number of nitriles is 1. The molecule has 1 atom stereocenters. The van der Waals surface area contributed by atoms with Gasteiger partial charge in [-0.3, -0.25) is 9.78 Å². The van der Waals surface area contributed by atoms with E-state index < -0.39 is 0 Å². The summed E-state index contributed by atoms with van der Waals surface area (Å²) in [6, 6.07) is 16.4. The molecule has 0 bridgehead atoms. The maximum Gasteiger partial charge on any atom is 0.261 e. The molecule has 0 aliphatic rings. The van der Waals surface area contributed by atoms with Crippen LogP contribution >= 0.6 is 11.6 Å². The average Bonchev–Trinajstić information content (AvgIpc) is 2.74. The molecule has 0 aliphatic heterocycles. The molecule has 5 nitrogen and oxygen atoms in total. The first-order valence-electron chi connectivity index (χ1n) is 9.00. The topological polar surface area (TPSA) is 66.2 Å². The molecule has 1 unspecified atom stereocenters. The third-order valence-corrected chi connectivity index (χ3v) is 5.01. The molecule has 0 N–H and O–H groups in total. The first-order chi connectivity index (χ1) is 13.5. The highest BCUT2D eigenvalue weighted by Crippen LogP contribution is 2.29. The van der Waals surface area contributed by atoms with Gasteiger partial charge in [-0.1, -0.05) is 23.7 Å². The minimum Gasteiger partial charge on any atom is -0.481 e. The Morgan fingerprint density at radius 2 is 2.00 bits per heavy atom. The Labute approximate surface area is 169 Å². The minimum absolute atomic E-state index is 0.0955. The minimum atomic E-state index is -0.131. The van der Waals surface area contributed by atoms with Crippen LogP contribution in [0.2, 0.25) is 5.02 Å². The van der Waals surface area contributed by atoms with Crippen molar-refractivity contribution in [2.75, 3.05) is 13.2 Å². The summed E-state index contributed by atoms with van der Waals surface area (Å²) in [6.45, 7) is 4.34. The molecule has 0 spiro atoms. The van der Waals surface area contributed by atoms with Gasteiger partial charge < -0.3 is 9.64 Å². The standard InChI is InChI=1S/C22H20ClN3O2/c1-3-26(15(2)17-8-6-16(13-24)7-9-17)21(27)14-28-20-11-10-19(23)18-5-4-12-25-22(18)20/h4-12,15H,3,14H2,1-2H3. The normalized spacial score (nSPS) is 11.6. The summed E-state index contributed by atoms with van der Waals surface area (Å²) in [4.78, 5) is 18.9. The average molecular weight is 394 g/mol. The lowest BCUT2D eigenvalue weighted by molar-refractivity contribution is -0.135. The van der Waals surface area contributed by atoms with Crippen molar-refractivity contribution in [2.24, 2.45) is 0 Å². The lowest BCUT2D eigenvalue weighted by atomic mass is 10.0. The smallest absolute Gasteiger partial charge is 0.261 e. The highest BCUT2D eigenvalue weighted by atomic mass is 35.5. The number of fused-ring (bicyclic) bond motifs is 1.